The van der Waals surface area contributed by atoms with E-state index < -0.39 is 154 Å². The molecule has 1 aliphatic rings. The molecule has 19 heteroatoms. The van der Waals surface area contributed by atoms with E-state index in [1.165, 1.54) is 0 Å². The summed E-state index contributed by atoms with van der Waals surface area (Å²) in [5.74, 6) is -37.0. The molecule has 5 heterocycles. The van der Waals surface area contributed by atoms with Crippen LogP contribution < -0.4 is 0 Å². The Labute approximate surface area is 299 Å². The Bertz CT molecular complexity index is 2960. The highest BCUT2D eigenvalue weighted by Crippen LogP contribution is 2.44. The summed E-state index contributed by atoms with van der Waals surface area (Å²) in [5.41, 5.74) is -11.5. The minimum atomic E-state index is -2.60. The maximum absolute atomic E-state index is 15.7. The van der Waals surface area contributed by atoms with Crippen LogP contribution in [0.3, 0.4) is 0 Å². The number of hydrogen-bond donors (Lipinski definition) is 3. The fraction of sp³-hybridized carbons (Fsp3) is 0. The predicted octanol–water partition coefficient (Wildman–Crippen LogP) is 11.8. The Kier molecular flexibility index (Phi) is 8.24. The first-order valence-corrected chi connectivity index (χ1v) is 15.4. The molecule has 0 saturated heterocycles. The van der Waals surface area contributed by atoms with Gasteiger partial charge in [0.05, 0.1) is 39.1 Å². The highest BCUT2D eigenvalue weighted by atomic mass is 19.2. The Morgan fingerprint density at radius 3 is 1.04 bits per heavy atom. The first-order chi connectivity index (χ1) is 26.6. The van der Waals surface area contributed by atoms with E-state index in [9.17, 15) is 39.5 Å². The van der Waals surface area contributed by atoms with Crippen LogP contribution in [0.1, 0.15) is 11.4 Å². The molecule has 4 nitrogen and oxygen atoms in total. The number of rotatable bonds is 3. The second kappa shape index (κ2) is 12.7. The highest BCUT2D eigenvalue weighted by molar-refractivity contribution is 6.13. The molecule has 3 aromatic carbocycles. The molecule has 8 rings (SSSR count). The van der Waals surface area contributed by atoms with Crippen molar-refractivity contribution in [1.29, 1.82) is 0 Å². The largest absolute Gasteiger partial charge is 0.359 e. The molecule has 0 amide bonds. The molecule has 4 aromatic heterocycles. The van der Waals surface area contributed by atoms with Crippen LogP contribution in [0.25, 0.3) is 78.4 Å². The number of benzene rings is 3. The zero-order chi connectivity index (χ0) is 40.2. The lowest BCUT2D eigenvalue weighted by Gasteiger charge is -2.11. The molecular weight excluding hydrogens is 785 g/mol. The summed E-state index contributed by atoms with van der Waals surface area (Å²) in [6, 6.07) is 3.75. The van der Waals surface area contributed by atoms with E-state index in [0.717, 1.165) is 48.8 Å². The lowest BCUT2D eigenvalue weighted by molar-refractivity contribution is 0.381. The number of H-pyrrole nitrogens is 3. The fourth-order valence-corrected chi connectivity index (χ4v) is 6.59. The van der Waals surface area contributed by atoms with E-state index in [1.54, 1.807) is 0 Å². The van der Waals surface area contributed by atoms with Crippen molar-refractivity contribution < 1.29 is 65.9 Å². The van der Waals surface area contributed by atoms with Crippen LogP contribution in [0.5, 0.6) is 0 Å². The molecule has 3 N–H and O–H groups in total. The van der Waals surface area contributed by atoms with Crippen molar-refractivity contribution in [2.75, 3.05) is 0 Å². The second-order valence-corrected chi connectivity index (χ2v) is 12.0. The zero-order valence-corrected chi connectivity index (χ0v) is 26.7. The normalized spacial score (nSPS) is 12.1. The van der Waals surface area contributed by atoms with E-state index in [2.05, 4.69) is 19.9 Å². The summed E-state index contributed by atoms with van der Waals surface area (Å²) in [4.78, 5) is 11.8. The van der Waals surface area contributed by atoms with Crippen molar-refractivity contribution in [3.8, 4) is 33.4 Å². The Balaban J connectivity index is 1.72. The topological polar surface area (TPSA) is 60.3 Å². The van der Waals surface area contributed by atoms with Gasteiger partial charge in [0, 0.05) is 50.9 Å². The zero-order valence-electron chi connectivity index (χ0n) is 26.7. The van der Waals surface area contributed by atoms with Crippen molar-refractivity contribution in [2.24, 2.45) is 0 Å². The smallest absolute Gasteiger partial charge is 0.200 e. The number of hydrogen-bond acceptors (Lipinski definition) is 1. The van der Waals surface area contributed by atoms with Crippen molar-refractivity contribution >= 4 is 45.0 Å². The first kappa shape index (κ1) is 36.3. The maximum Gasteiger partial charge on any atom is 0.200 e. The van der Waals surface area contributed by atoms with Gasteiger partial charge in [-0.25, -0.2) is 70.8 Å². The van der Waals surface area contributed by atoms with Gasteiger partial charge in [-0.1, -0.05) is 0 Å². The molecule has 1 aliphatic heterocycles. The highest BCUT2D eigenvalue weighted by Gasteiger charge is 2.33. The minimum absolute atomic E-state index is 0.378. The van der Waals surface area contributed by atoms with E-state index in [0.29, 0.717) is 0 Å². The van der Waals surface area contributed by atoms with E-state index in [1.807, 2.05) is 0 Å². The average molecular weight is 796 g/mol. The minimum Gasteiger partial charge on any atom is -0.359 e. The number of nitrogens with zero attached hydrogens (tertiary/aromatic N) is 1. The van der Waals surface area contributed by atoms with Gasteiger partial charge < -0.3 is 15.0 Å². The number of fused-ring (bicyclic) bond motifs is 7. The van der Waals surface area contributed by atoms with Crippen molar-refractivity contribution in [3.05, 3.63) is 135 Å². The molecule has 56 heavy (non-hydrogen) atoms. The standard InChI is InChI=1S/C37H11F15N4/c38-21-18(22(39)28(45)33(50)27(21)44)15-9-5-7-53-36(9)37-10(6-8-54-37)16(19-23(40)29(46)34(51)30(47)24(19)41)12-2-4-14(56-12)17(13-3-1-11(15)55-13)20-25(42)31(48)35(52)32(49)26(20)43/h1-8,53-55H. The third kappa shape index (κ3) is 4.95. The van der Waals surface area contributed by atoms with Crippen LogP contribution >= 0.6 is 0 Å². The predicted molar refractivity (Wildman–Crippen MR) is 171 cm³/mol. The molecular formula is C37H11F15N4. The van der Waals surface area contributed by atoms with Gasteiger partial charge in [-0.05, 0) is 36.4 Å². The van der Waals surface area contributed by atoms with Crippen LogP contribution in [0.4, 0.5) is 65.9 Å². The van der Waals surface area contributed by atoms with Gasteiger partial charge in [-0.2, -0.15) is 0 Å². The molecule has 4 bridgehead atoms. The van der Waals surface area contributed by atoms with Gasteiger partial charge in [0.15, 0.2) is 69.8 Å². The van der Waals surface area contributed by atoms with Crippen LogP contribution in [0, 0.1) is 87.3 Å². The van der Waals surface area contributed by atoms with Crippen LogP contribution in [0.2, 0.25) is 0 Å². The third-order valence-corrected chi connectivity index (χ3v) is 9.04. The number of nitrogens with one attached hydrogen (secondary N) is 3. The van der Waals surface area contributed by atoms with E-state index in [4.69, 9.17) is 0 Å². The molecule has 0 saturated carbocycles. The van der Waals surface area contributed by atoms with E-state index in [-0.39, 0.29) is 11.0 Å². The lowest BCUT2D eigenvalue weighted by Crippen LogP contribution is -2.05. The van der Waals surface area contributed by atoms with Crippen LogP contribution in [-0.4, -0.2) is 19.9 Å². The summed E-state index contributed by atoms with van der Waals surface area (Å²) in [7, 11) is 0. The van der Waals surface area contributed by atoms with Crippen molar-refractivity contribution in [1.82, 2.24) is 19.9 Å². The van der Waals surface area contributed by atoms with Gasteiger partial charge in [0.2, 0.25) is 17.5 Å². The van der Waals surface area contributed by atoms with Crippen molar-refractivity contribution in [2.45, 2.75) is 0 Å². The third-order valence-electron chi connectivity index (χ3n) is 9.04. The van der Waals surface area contributed by atoms with Gasteiger partial charge in [0.1, 0.15) is 0 Å². The van der Waals surface area contributed by atoms with Crippen LogP contribution in [-0.2, 0) is 0 Å². The number of halogens is 15. The molecule has 0 spiro atoms. The van der Waals surface area contributed by atoms with Crippen LogP contribution in [0.15, 0.2) is 36.7 Å². The fourth-order valence-electron chi connectivity index (χ4n) is 6.59. The quantitative estimate of drug-likeness (QED) is 0.0931. The van der Waals surface area contributed by atoms with Crippen molar-refractivity contribution in [3.63, 3.8) is 0 Å². The van der Waals surface area contributed by atoms with Gasteiger partial charge in [-0.3, -0.25) is 0 Å². The Morgan fingerprint density at radius 2 is 0.625 bits per heavy atom. The Hall–Kier alpha value is -6.66. The number of aromatic amines is 3. The summed E-state index contributed by atoms with van der Waals surface area (Å²) in [6.07, 6.45) is 3.76. The molecule has 7 aromatic rings. The molecule has 0 atom stereocenters. The van der Waals surface area contributed by atoms with Gasteiger partial charge >= 0.3 is 0 Å². The molecule has 284 valence electrons. The van der Waals surface area contributed by atoms with E-state index >= 15 is 26.3 Å². The summed E-state index contributed by atoms with van der Waals surface area (Å²) in [5, 5.41) is -1.00. The first-order valence-electron chi connectivity index (χ1n) is 15.4. The average Bonchev–Trinajstić information content (AvgIpc) is 4.03. The van der Waals surface area contributed by atoms with Gasteiger partial charge in [-0.15, -0.1) is 0 Å². The van der Waals surface area contributed by atoms with Gasteiger partial charge in [0.25, 0.3) is 0 Å². The molecule has 0 radical (unpaired) electrons. The SMILES string of the molecule is Fc1c(F)c(F)c(-c2c3nc(c(-c4c(F)c(F)c(F)c(F)c4F)c4cc[nH]c4c4[nH]ccc4c(-c4c(F)c(F)c(F)c(F)c4F)c4ccc2[nH]4)C=C3)c(F)c1F. The number of aromatic nitrogens is 4. The molecule has 0 aliphatic carbocycles. The summed E-state index contributed by atoms with van der Waals surface area (Å²) in [6.45, 7) is 0. The molecule has 0 unspecified atom stereocenters. The Morgan fingerprint density at radius 1 is 0.321 bits per heavy atom. The second-order valence-electron chi connectivity index (χ2n) is 12.0. The summed E-state index contributed by atoms with van der Waals surface area (Å²) < 4.78 is 225. The lowest BCUT2D eigenvalue weighted by atomic mass is 9.97. The summed E-state index contributed by atoms with van der Waals surface area (Å²) >= 11 is 0. The monoisotopic (exact) mass is 796 g/mol. The molecule has 0 fully saturated rings. The maximum atomic E-state index is 15.7.